The highest BCUT2D eigenvalue weighted by molar-refractivity contribution is 7.93. The van der Waals surface area contributed by atoms with Crippen LogP contribution in [0.2, 0.25) is 5.02 Å². The first-order valence-corrected chi connectivity index (χ1v) is 10.9. The fourth-order valence-corrected chi connectivity index (χ4v) is 5.18. The first-order valence-electron chi connectivity index (χ1n) is 9.10. The predicted octanol–water partition coefficient (Wildman–Crippen LogP) is 4.14. The number of nitrogens with one attached hydrogen (secondary N) is 1. The molecule has 0 saturated heterocycles. The number of fused-ring (bicyclic) bond motifs is 3. The third-order valence-corrected chi connectivity index (χ3v) is 6.93. The number of anilines is 1. The monoisotopic (exact) mass is 426 g/mol. The lowest BCUT2D eigenvalue weighted by molar-refractivity contribution is -0.119. The zero-order valence-corrected chi connectivity index (χ0v) is 17.3. The number of hydrogen-bond donors (Lipinski definition) is 1. The van der Waals surface area contributed by atoms with Crippen molar-refractivity contribution in [3.05, 3.63) is 82.9 Å². The van der Waals surface area contributed by atoms with Gasteiger partial charge in [0.05, 0.1) is 10.6 Å². The molecule has 0 spiro atoms. The van der Waals surface area contributed by atoms with E-state index in [9.17, 15) is 13.2 Å². The average molecular weight is 427 g/mol. The zero-order valence-electron chi connectivity index (χ0n) is 15.7. The Morgan fingerprint density at radius 1 is 1.00 bits per heavy atom. The molecule has 0 radical (unpaired) electrons. The van der Waals surface area contributed by atoms with Gasteiger partial charge in [-0.25, -0.2) is 8.42 Å². The second-order valence-electron chi connectivity index (χ2n) is 6.93. The van der Waals surface area contributed by atoms with Crippen LogP contribution in [-0.4, -0.2) is 20.9 Å². The van der Waals surface area contributed by atoms with Crippen LogP contribution in [0.25, 0.3) is 11.1 Å². The van der Waals surface area contributed by atoms with Crippen molar-refractivity contribution in [2.24, 2.45) is 0 Å². The third-order valence-electron chi connectivity index (χ3n) is 4.86. The maximum Gasteiger partial charge on any atom is 0.265 e. The SMILES string of the molecule is Cc1ccc2c(c1)-c1ccccc1S(=O)(=O)N2CC(=O)NCc1ccc(Cl)cc1. The predicted molar refractivity (Wildman–Crippen MR) is 114 cm³/mol. The van der Waals surface area contributed by atoms with Gasteiger partial charge in [-0.2, -0.15) is 0 Å². The molecule has 7 heteroatoms. The van der Waals surface area contributed by atoms with Crippen molar-refractivity contribution in [2.45, 2.75) is 18.4 Å². The Hall–Kier alpha value is -2.83. The first-order chi connectivity index (χ1) is 13.9. The van der Waals surface area contributed by atoms with Gasteiger partial charge in [0.2, 0.25) is 5.91 Å². The minimum Gasteiger partial charge on any atom is -0.350 e. The van der Waals surface area contributed by atoms with Gasteiger partial charge in [-0.05, 0) is 42.8 Å². The Kier molecular flexibility index (Phi) is 5.06. The zero-order chi connectivity index (χ0) is 20.6. The molecule has 1 heterocycles. The van der Waals surface area contributed by atoms with Gasteiger partial charge in [-0.1, -0.05) is 53.6 Å². The van der Waals surface area contributed by atoms with E-state index in [0.29, 0.717) is 22.8 Å². The molecule has 3 aromatic rings. The van der Waals surface area contributed by atoms with Gasteiger partial charge in [0.1, 0.15) is 6.54 Å². The van der Waals surface area contributed by atoms with Crippen molar-refractivity contribution < 1.29 is 13.2 Å². The van der Waals surface area contributed by atoms with Gasteiger partial charge >= 0.3 is 0 Å². The molecule has 0 unspecified atom stereocenters. The van der Waals surface area contributed by atoms with Crippen molar-refractivity contribution in [2.75, 3.05) is 10.8 Å². The van der Waals surface area contributed by atoms with Crippen molar-refractivity contribution >= 4 is 33.2 Å². The molecule has 0 saturated carbocycles. The number of benzene rings is 3. The topological polar surface area (TPSA) is 66.5 Å². The summed E-state index contributed by atoms with van der Waals surface area (Å²) in [6, 6.07) is 19.5. The molecule has 5 nitrogen and oxygen atoms in total. The summed E-state index contributed by atoms with van der Waals surface area (Å²) in [7, 11) is -3.84. The van der Waals surface area contributed by atoms with Crippen LogP contribution in [0.15, 0.2) is 71.6 Å². The van der Waals surface area contributed by atoms with E-state index >= 15 is 0 Å². The summed E-state index contributed by atoms with van der Waals surface area (Å²) in [4.78, 5) is 12.8. The molecule has 0 atom stereocenters. The van der Waals surface area contributed by atoms with Crippen LogP contribution < -0.4 is 9.62 Å². The smallest absolute Gasteiger partial charge is 0.265 e. The van der Waals surface area contributed by atoms with E-state index in [0.717, 1.165) is 16.7 Å². The summed E-state index contributed by atoms with van der Waals surface area (Å²) in [6.45, 7) is 1.96. The van der Waals surface area contributed by atoms with Crippen LogP contribution in [0.4, 0.5) is 5.69 Å². The highest BCUT2D eigenvalue weighted by Crippen LogP contribution is 2.43. The van der Waals surface area contributed by atoms with Gasteiger partial charge in [0.15, 0.2) is 0 Å². The number of rotatable bonds is 4. The Morgan fingerprint density at radius 3 is 2.48 bits per heavy atom. The van der Waals surface area contributed by atoms with E-state index in [-0.39, 0.29) is 17.3 Å². The number of carbonyl (C=O) groups is 1. The molecule has 29 heavy (non-hydrogen) atoms. The molecule has 1 aliphatic rings. The summed E-state index contributed by atoms with van der Waals surface area (Å²) < 4.78 is 27.6. The van der Waals surface area contributed by atoms with Crippen molar-refractivity contribution in [1.29, 1.82) is 0 Å². The Balaban J connectivity index is 1.63. The minimum atomic E-state index is -3.84. The Labute approximate surface area is 175 Å². The van der Waals surface area contributed by atoms with E-state index in [1.165, 1.54) is 4.31 Å². The van der Waals surface area contributed by atoms with Crippen LogP contribution in [0.3, 0.4) is 0 Å². The molecule has 1 N–H and O–H groups in total. The van der Waals surface area contributed by atoms with E-state index in [1.807, 2.05) is 37.3 Å². The Morgan fingerprint density at radius 2 is 1.72 bits per heavy atom. The van der Waals surface area contributed by atoms with Crippen LogP contribution in [-0.2, 0) is 21.4 Å². The van der Waals surface area contributed by atoms with E-state index < -0.39 is 10.0 Å². The molecular formula is C22H19ClN2O3S. The lowest BCUT2D eigenvalue weighted by atomic mass is 10.0. The molecule has 148 valence electrons. The molecule has 0 fully saturated rings. The van der Waals surface area contributed by atoms with Crippen molar-refractivity contribution in [1.82, 2.24) is 5.32 Å². The molecule has 0 aromatic heterocycles. The van der Waals surface area contributed by atoms with Crippen LogP contribution in [0, 0.1) is 6.92 Å². The molecule has 4 rings (SSSR count). The summed E-state index contributed by atoms with van der Waals surface area (Å²) >= 11 is 5.87. The maximum absolute atomic E-state index is 13.2. The van der Waals surface area contributed by atoms with Gasteiger partial charge < -0.3 is 5.32 Å². The molecular weight excluding hydrogens is 408 g/mol. The standard InChI is InChI=1S/C22H19ClN2O3S/c1-15-6-11-20-19(12-15)18-4-2-3-5-21(18)29(27,28)25(20)14-22(26)24-13-16-7-9-17(23)10-8-16/h2-12H,13-14H2,1H3,(H,24,26). The van der Waals surface area contributed by atoms with Gasteiger partial charge in [-0.15, -0.1) is 0 Å². The van der Waals surface area contributed by atoms with E-state index in [4.69, 9.17) is 11.6 Å². The van der Waals surface area contributed by atoms with Crippen molar-refractivity contribution in [3.63, 3.8) is 0 Å². The summed E-state index contributed by atoms with van der Waals surface area (Å²) in [5.74, 6) is -0.380. The highest BCUT2D eigenvalue weighted by atomic mass is 35.5. The highest BCUT2D eigenvalue weighted by Gasteiger charge is 2.35. The second-order valence-corrected chi connectivity index (χ2v) is 9.20. The maximum atomic E-state index is 13.2. The largest absolute Gasteiger partial charge is 0.350 e. The second kappa shape index (κ2) is 7.54. The van der Waals surface area contributed by atoms with Crippen molar-refractivity contribution in [3.8, 4) is 11.1 Å². The Bertz CT molecular complexity index is 1190. The fraction of sp³-hybridized carbons (Fsp3) is 0.136. The summed E-state index contributed by atoms with van der Waals surface area (Å²) in [5.41, 5.74) is 3.87. The van der Waals surface area contributed by atoms with E-state index in [2.05, 4.69) is 5.32 Å². The van der Waals surface area contributed by atoms with Gasteiger partial charge in [0, 0.05) is 22.7 Å². The number of hydrogen-bond acceptors (Lipinski definition) is 3. The normalized spacial score (nSPS) is 14.1. The first kappa shape index (κ1) is 19.5. The van der Waals surface area contributed by atoms with Gasteiger partial charge in [-0.3, -0.25) is 9.10 Å². The summed E-state index contributed by atoms with van der Waals surface area (Å²) in [5, 5.41) is 3.40. The number of nitrogens with zero attached hydrogens (tertiary/aromatic N) is 1. The van der Waals surface area contributed by atoms with Gasteiger partial charge in [0.25, 0.3) is 10.0 Å². The quantitative estimate of drug-likeness (QED) is 0.681. The lowest BCUT2D eigenvalue weighted by Crippen LogP contribution is -2.42. The average Bonchev–Trinajstić information content (AvgIpc) is 2.71. The number of halogens is 1. The lowest BCUT2D eigenvalue weighted by Gasteiger charge is -2.31. The fourth-order valence-electron chi connectivity index (χ4n) is 3.40. The number of aryl methyl sites for hydroxylation is 1. The molecule has 3 aromatic carbocycles. The molecule has 1 aliphatic heterocycles. The molecule has 0 aliphatic carbocycles. The minimum absolute atomic E-state index is 0.212. The van der Waals surface area contributed by atoms with E-state index in [1.54, 1.807) is 36.4 Å². The van der Waals surface area contributed by atoms with Crippen LogP contribution >= 0.6 is 11.6 Å². The third kappa shape index (κ3) is 3.73. The summed E-state index contributed by atoms with van der Waals surface area (Å²) in [6.07, 6.45) is 0. The molecule has 0 bridgehead atoms. The van der Waals surface area contributed by atoms with Crippen LogP contribution in [0.5, 0.6) is 0 Å². The molecule has 1 amide bonds. The number of carbonyl (C=O) groups excluding carboxylic acids is 1. The number of amides is 1. The van der Waals surface area contributed by atoms with Crippen LogP contribution in [0.1, 0.15) is 11.1 Å². The number of sulfonamides is 1.